The van der Waals surface area contributed by atoms with E-state index in [1.54, 1.807) is 5.56 Å². The molecule has 5 atom stereocenters. The quantitative estimate of drug-likeness (QED) is 0.754. The molecule has 3 N–H and O–H groups in total. The number of rotatable bonds is 5. The van der Waals surface area contributed by atoms with Gasteiger partial charge in [-0.3, -0.25) is 0 Å². The molecule has 1 aromatic carbocycles. The predicted octanol–water partition coefficient (Wildman–Crippen LogP) is 3.20. The molecule has 154 valence electrons. The van der Waals surface area contributed by atoms with Crippen molar-refractivity contribution in [1.29, 1.82) is 0 Å². The second-order valence-corrected chi connectivity index (χ2v) is 11.5. The van der Waals surface area contributed by atoms with E-state index in [1.807, 2.05) is 4.90 Å². The fourth-order valence-corrected chi connectivity index (χ4v) is 8.34. The zero-order valence-electron chi connectivity index (χ0n) is 17.9. The van der Waals surface area contributed by atoms with Gasteiger partial charge < -0.3 is 10.2 Å². The first-order chi connectivity index (χ1) is 13.5. The van der Waals surface area contributed by atoms with Crippen molar-refractivity contribution in [3.05, 3.63) is 34.9 Å². The van der Waals surface area contributed by atoms with Gasteiger partial charge in [-0.2, -0.15) is 0 Å². The van der Waals surface area contributed by atoms with E-state index in [-0.39, 0.29) is 0 Å². The number of hydrogen-bond acceptors (Lipinski definition) is 0. The highest BCUT2D eigenvalue weighted by Gasteiger charge is 2.61. The second-order valence-electron chi connectivity index (χ2n) is 11.0. The highest BCUT2D eigenvalue weighted by molar-refractivity contribution is 6.30. The molecule has 4 aliphatic carbocycles. The summed E-state index contributed by atoms with van der Waals surface area (Å²) >= 11 is 6.22. The molecule has 0 spiro atoms. The van der Waals surface area contributed by atoms with Gasteiger partial charge in [-0.15, -0.1) is 0 Å². The SMILES string of the molecule is CC[NH+]1CCC([NH2+][C@@H](C)C23C[C@@H]4C[C@@H](CC(c5ccc(Cl)cc5)(C4)C2)C3)CC1. The first-order valence-corrected chi connectivity index (χ1v) is 12.3. The minimum Gasteiger partial charge on any atom is -0.341 e. The smallest absolute Gasteiger partial charge is 0.0969 e. The van der Waals surface area contributed by atoms with Crippen LogP contribution in [0.3, 0.4) is 0 Å². The monoisotopic (exact) mass is 402 g/mol. The van der Waals surface area contributed by atoms with Crippen LogP contribution in [-0.2, 0) is 5.41 Å². The topological polar surface area (TPSA) is 21.1 Å². The van der Waals surface area contributed by atoms with Crippen LogP contribution in [0.2, 0.25) is 5.02 Å². The summed E-state index contributed by atoms with van der Waals surface area (Å²) in [6.45, 7) is 9.00. The van der Waals surface area contributed by atoms with Crippen molar-refractivity contribution >= 4 is 11.6 Å². The van der Waals surface area contributed by atoms with E-state index in [4.69, 9.17) is 11.6 Å². The van der Waals surface area contributed by atoms with Gasteiger partial charge in [0, 0.05) is 23.3 Å². The Kier molecular flexibility index (Phi) is 5.05. The molecular weight excluding hydrogens is 364 g/mol. The Morgan fingerprint density at radius 2 is 1.71 bits per heavy atom. The minimum atomic E-state index is 0.437. The molecule has 3 heteroatoms. The average molecular weight is 403 g/mol. The molecule has 28 heavy (non-hydrogen) atoms. The number of likely N-dealkylation sites (tertiary alicyclic amines) is 1. The molecular formula is C25H39ClN2+2. The van der Waals surface area contributed by atoms with Crippen molar-refractivity contribution < 1.29 is 10.2 Å². The number of benzene rings is 1. The Bertz CT molecular complexity index is 677. The summed E-state index contributed by atoms with van der Waals surface area (Å²) in [5, 5.41) is 3.71. The van der Waals surface area contributed by atoms with Gasteiger partial charge in [-0.25, -0.2) is 0 Å². The Balaban J connectivity index is 1.35. The van der Waals surface area contributed by atoms with Crippen molar-refractivity contribution in [2.45, 2.75) is 82.7 Å². The number of quaternary nitrogens is 2. The van der Waals surface area contributed by atoms with Gasteiger partial charge in [-0.1, -0.05) is 23.7 Å². The first kappa shape index (κ1) is 19.4. The molecule has 1 saturated heterocycles. The Labute approximate surface area is 176 Å². The van der Waals surface area contributed by atoms with Crippen molar-refractivity contribution in [3.63, 3.8) is 0 Å². The molecule has 4 bridgehead atoms. The second kappa shape index (κ2) is 7.29. The Morgan fingerprint density at radius 1 is 1.07 bits per heavy atom. The molecule has 0 radical (unpaired) electrons. The number of halogens is 1. The van der Waals surface area contributed by atoms with Crippen LogP contribution in [0.5, 0.6) is 0 Å². The van der Waals surface area contributed by atoms with Crippen molar-refractivity contribution in [2.75, 3.05) is 19.6 Å². The van der Waals surface area contributed by atoms with Crippen LogP contribution >= 0.6 is 11.6 Å². The van der Waals surface area contributed by atoms with Crippen LogP contribution in [0.15, 0.2) is 24.3 Å². The van der Waals surface area contributed by atoms with Crippen LogP contribution in [0, 0.1) is 17.3 Å². The zero-order valence-corrected chi connectivity index (χ0v) is 18.6. The Morgan fingerprint density at radius 3 is 2.32 bits per heavy atom. The number of hydrogen-bond donors (Lipinski definition) is 2. The van der Waals surface area contributed by atoms with E-state index in [0.717, 1.165) is 28.9 Å². The summed E-state index contributed by atoms with van der Waals surface area (Å²) in [6, 6.07) is 10.6. The van der Waals surface area contributed by atoms with Gasteiger partial charge in [0.1, 0.15) is 0 Å². The lowest BCUT2D eigenvalue weighted by Crippen LogP contribution is -3.15. The van der Waals surface area contributed by atoms with E-state index in [2.05, 4.69) is 43.4 Å². The van der Waals surface area contributed by atoms with Gasteiger partial charge in [0.15, 0.2) is 0 Å². The molecule has 5 aliphatic rings. The highest BCUT2D eigenvalue weighted by Crippen LogP contribution is 2.66. The van der Waals surface area contributed by atoms with Crippen LogP contribution in [-0.4, -0.2) is 31.7 Å². The summed E-state index contributed by atoms with van der Waals surface area (Å²) in [4.78, 5) is 1.81. The summed E-state index contributed by atoms with van der Waals surface area (Å²) in [5.41, 5.74) is 2.59. The van der Waals surface area contributed by atoms with Gasteiger partial charge >= 0.3 is 0 Å². The summed E-state index contributed by atoms with van der Waals surface area (Å²) in [5.74, 6) is 1.92. The van der Waals surface area contributed by atoms with Crippen molar-refractivity contribution in [2.24, 2.45) is 17.3 Å². The van der Waals surface area contributed by atoms with Crippen molar-refractivity contribution in [3.8, 4) is 0 Å². The fourth-order valence-electron chi connectivity index (χ4n) is 8.21. The average Bonchev–Trinajstić information content (AvgIpc) is 2.68. The van der Waals surface area contributed by atoms with Crippen LogP contribution in [0.4, 0.5) is 0 Å². The molecule has 4 saturated carbocycles. The maximum atomic E-state index is 6.22. The molecule has 5 fully saturated rings. The summed E-state index contributed by atoms with van der Waals surface area (Å²) in [6.07, 6.45) is 11.6. The zero-order chi connectivity index (χ0) is 19.4. The third-order valence-corrected chi connectivity index (χ3v) is 9.58. The van der Waals surface area contributed by atoms with Crippen LogP contribution in [0.1, 0.15) is 70.8 Å². The van der Waals surface area contributed by atoms with E-state index < -0.39 is 0 Å². The van der Waals surface area contributed by atoms with Crippen LogP contribution < -0.4 is 10.2 Å². The van der Waals surface area contributed by atoms with E-state index in [9.17, 15) is 0 Å². The van der Waals surface area contributed by atoms with Gasteiger partial charge in [0.2, 0.25) is 0 Å². The molecule has 1 aliphatic heterocycles. The lowest BCUT2D eigenvalue weighted by molar-refractivity contribution is -0.912. The van der Waals surface area contributed by atoms with Gasteiger partial charge in [0.25, 0.3) is 0 Å². The van der Waals surface area contributed by atoms with Crippen molar-refractivity contribution in [1.82, 2.24) is 0 Å². The minimum absolute atomic E-state index is 0.437. The maximum Gasteiger partial charge on any atom is 0.0969 e. The van der Waals surface area contributed by atoms with Gasteiger partial charge in [0.05, 0.1) is 31.7 Å². The number of piperidine rings is 1. The third kappa shape index (κ3) is 3.34. The summed E-state index contributed by atoms with van der Waals surface area (Å²) in [7, 11) is 0. The lowest BCUT2D eigenvalue weighted by atomic mass is 9.41. The van der Waals surface area contributed by atoms with E-state index in [0.29, 0.717) is 10.8 Å². The molecule has 0 amide bonds. The molecule has 1 heterocycles. The standard InChI is InChI=1S/C25H37ClN2/c1-3-28-10-8-23(9-11-28)27-18(2)24-13-19-12-20(14-24)16-25(15-19,17-24)21-4-6-22(26)7-5-21/h4-7,18-20,23,27H,3,8-17H2,1-2H3/p+2/t18-,19-,20+,24?,25?/m0/s1. The molecule has 6 rings (SSSR count). The molecule has 1 aromatic rings. The van der Waals surface area contributed by atoms with E-state index in [1.165, 1.54) is 71.0 Å². The lowest BCUT2D eigenvalue weighted by Gasteiger charge is -2.63. The molecule has 0 aromatic heterocycles. The maximum absolute atomic E-state index is 6.22. The number of nitrogens with one attached hydrogen (secondary N) is 1. The summed E-state index contributed by atoms with van der Waals surface area (Å²) < 4.78 is 0. The first-order valence-electron chi connectivity index (χ1n) is 11.9. The van der Waals surface area contributed by atoms with Crippen LogP contribution in [0.25, 0.3) is 0 Å². The highest BCUT2D eigenvalue weighted by atomic mass is 35.5. The fraction of sp³-hybridized carbons (Fsp3) is 0.760. The molecule has 2 unspecified atom stereocenters. The Hall–Kier alpha value is -0.570. The van der Waals surface area contributed by atoms with Gasteiger partial charge in [-0.05, 0) is 87.3 Å². The predicted molar refractivity (Wildman–Crippen MR) is 116 cm³/mol. The third-order valence-electron chi connectivity index (χ3n) is 9.33. The normalized spacial score (nSPS) is 43.2. The number of nitrogens with two attached hydrogens (primary N) is 1. The molecule has 2 nitrogen and oxygen atoms in total. The van der Waals surface area contributed by atoms with E-state index >= 15 is 0 Å². The largest absolute Gasteiger partial charge is 0.341 e.